The molecular formula is C16H13ClF3N5O. The number of hydrogen-bond donors (Lipinski definition) is 1. The molecule has 3 aromatic heterocycles. The van der Waals surface area contributed by atoms with Crippen molar-refractivity contribution in [1.82, 2.24) is 19.4 Å². The lowest BCUT2D eigenvalue weighted by molar-refractivity contribution is -0.269. The molecule has 0 aliphatic heterocycles. The Balaban J connectivity index is 1.90. The zero-order chi connectivity index (χ0) is 19.1. The summed E-state index contributed by atoms with van der Waals surface area (Å²) in [6.07, 6.45) is -2.69. The van der Waals surface area contributed by atoms with Crippen molar-refractivity contribution < 1.29 is 18.3 Å². The third kappa shape index (κ3) is 2.91. The summed E-state index contributed by atoms with van der Waals surface area (Å²) in [6.45, 7) is 1.37. The normalized spacial score (nSPS) is 14.3. The van der Waals surface area contributed by atoms with Gasteiger partial charge in [-0.25, -0.2) is 4.68 Å². The molecule has 6 nitrogen and oxygen atoms in total. The SMILES string of the molecule is CCC(O)(c1cn(Cc2ccn3c(Cl)c(C#N)cc3c2)nn1)C(F)(F)F. The first-order chi connectivity index (χ1) is 12.2. The Morgan fingerprint density at radius 2 is 2.08 bits per heavy atom. The largest absolute Gasteiger partial charge is 0.423 e. The van der Waals surface area contributed by atoms with Crippen LogP contribution >= 0.6 is 11.6 Å². The van der Waals surface area contributed by atoms with Gasteiger partial charge in [0.1, 0.15) is 16.9 Å². The molecule has 0 aromatic carbocycles. The lowest BCUT2D eigenvalue weighted by Crippen LogP contribution is -2.42. The lowest BCUT2D eigenvalue weighted by atomic mass is 9.96. The first-order valence-corrected chi connectivity index (χ1v) is 7.96. The van der Waals surface area contributed by atoms with Crippen molar-refractivity contribution in [3.8, 4) is 6.07 Å². The van der Waals surface area contributed by atoms with Gasteiger partial charge in [-0.3, -0.25) is 0 Å². The highest BCUT2D eigenvalue weighted by atomic mass is 35.5. The third-order valence-corrected chi connectivity index (χ3v) is 4.57. The number of halogens is 4. The second kappa shape index (κ2) is 6.30. The third-order valence-electron chi connectivity index (χ3n) is 4.18. The Bertz CT molecular complexity index is 1000. The quantitative estimate of drug-likeness (QED) is 0.750. The molecule has 0 fully saturated rings. The van der Waals surface area contributed by atoms with Gasteiger partial charge in [0, 0.05) is 11.7 Å². The summed E-state index contributed by atoms with van der Waals surface area (Å²) < 4.78 is 42.2. The van der Waals surface area contributed by atoms with E-state index in [-0.39, 0.29) is 11.7 Å². The van der Waals surface area contributed by atoms with Crippen LogP contribution in [0.4, 0.5) is 13.2 Å². The topological polar surface area (TPSA) is 79.1 Å². The number of alkyl halides is 3. The first kappa shape index (κ1) is 18.2. The molecule has 0 spiro atoms. The van der Waals surface area contributed by atoms with Crippen molar-refractivity contribution in [2.24, 2.45) is 0 Å². The van der Waals surface area contributed by atoms with Gasteiger partial charge in [0.05, 0.1) is 18.3 Å². The fraction of sp³-hybridized carbons (Fsp3) is 0.312. The van der Waals surface area contributed by atoms with Gasteiger partial charge in [0.2, 0.25) is 5.60 Å². The minimum absolute atomic E-state index is 0.145. The van der Waals surface area contributed by atoms with Gasteiger partial charge in [-0.2, -0.15) is 18.4 Å². The molecule has 10 heteroatoms. The van der Waals surface area contributed by atoms with E-state index in [1.165, 1.54) is 11.6 Å². The van der Waals surface area contributed by atoms with Crippen LogP contribution in [0, 0.1) is 11.3 Å². The monoisotopic (exact) mass is 383 g/mol. The van der Waals surface area contributed by atoms with Crippen LogP contribution in [0.3, 0.4) is 0 Å². The van der Waals surface area contributed by atoms with Crippen LogP contribution in [0.2, 0.25) is 5.15 Å². The molecule has 0 aliphatic rings. The molecule has 3 heterocycles. The second-order valence-electron chi connectivity index (χ2n) is 5.80. The summed E-state index contributed by atoms with van der Waals surface area (Å²) in [5, 5.41) is 26.4. The van der Waals surface area contributed by atoms with Crippen LogP contribution in [0.25, 0.3) is 5.52 Å². The standard InChI is InChI=1S/C16H13ClF3N5O/c1-2-15(26,16(18,19)20)13-9-24(23-22-13)8-10-3-4-25-12(5-10)6-11(7-21)14(25)17/h3-6,9,26H,2,8H2,1H3. The summed E-state index contributed by atoms with van der Waals surface area (Å²) in [5.74, 6) is 0. The number of hydrogen-bond acceptors (Lipinski definition) is 4. The Morgan fingerprint density at radius 1 is 1.35 bits per heavy atom. The molecule has 1 atom stereocenters. The number of fused-ring (bicyclic) bond motifs is 1. The molecule has 0 aliphatic carbocycles. The van der Waals surface area contributed by atoms with E-state index in [4.69, 9.17) is 16.9 Å². The zero-order valence-corrected chi connectivity index (χ0v) is 14.3. The molecule has 0 radical (unpaired) electrons. The Kier molecular flexibility index (Phi) is 4.42. The number of aromatic nitrogens is 4. The number of nitriles is 1. The molecule has 136 valence electrons. The summed E-state index contributed by atoms with van der Waals surface area (Å²) in [6, 6.07) is 7.03. The molecule has 1 N–H and O–H groups in total. The molecular weight excluding hydrogens is 371 g/mol. The summed E-state index contributed by atoms with van der Waals surface area (Å²) >= 11 is 6.06. The first-order valence-electron chi connectivity index (χ1n) is 7.59. The van der Waals surface area contributed by atoms with Crippen LogP contribution in [-0.4, -0.2) is 30.7 Å². The molecule has 0 bridgehead atoms. The van der Waals surface area contributed by atoms with E-state index in [9.17, 15) is 18.3 Å². The van der Waals surface area contributed by atoms with E-state index < -0.39 is 23.9 Å². The van der Waals surface area contributed by atoms with Crippen molar-refractivity contribution in [3.05, 3.63) is 52.6 Å². The highest BCUT2D eigenvalue weighted by molar-refractivity contribution is 6.31. The fourth-order valence-corrected chi connectivity index (χ4v) is 2.90. The van der Waals surface area contributed by atoms with Crippen LogP contribution in [0.5, 0.6) is 0 Å². The smallest absolute Gasteiger partial charge is 0.375 e. The maximum absolute atomic E-state index is 13.1. The maximum atomic E-state index is 13.1. The summed E-state index contributed by atoms with van der Waals surface area (Å²) in [5.41, 5.74) is -1.87. The number of nitrogens with zero attached hydrogens (tertiary/aromatic N) is 5. The molecule has 1 unspecified atom stereocenters. The minimum atomic E-state index is -4.85. The summed E-state index contributed by atoms with van der Waals surface area (Å²) in [7, 11) is 0. The molecule has 0 saturated carbocycles. The Morgan fingerprint density at radius 3 is 2.69 bits per heavy atom. The Labute approximate surface area is 151 Å². The van der Waals surface area contributed by atoms with E-state index in [1.807, 2.05) is 6.07 Å². The highest BCUT2D eigenvalue weighted by Crippen LogP contribution is 2.40. The van der Waals surface area contributed by atoms with Gasteiger partial charge < -0.3 is 9.51 Å². The lowest BCUT2D eigenvalue weighted by Gasteiger charge is -2.26. The number of rotatable bonds is 4. The van der Waals surface area contributed by atoms with Gasteiger partial charge in [-0.15, -0.1) is 5.10 Å². The van der Waals surface area contributed by atoms with Crippen LogP contribution in [0.1, 0.15) is 30.2 Å². The number of pyridine rings is 1. The minimum Gasteiger partial charge on any atom is -0.375 e. The molecule has 26 heavy (non-hydrogen) atoms. The zero-order valence-electron chi connectivity index (χ0n) is 13.5. The van der Waals surface area contributed by atoms with Gasteiger partial charge in [-0.1, -0.05) is 23.7 Å². The fourth-order valence-electron chi connectivity index (χ4n) is 2.65. The highest BCUT2D eigenvalue weighted by Gasteiger charge is 2.55. The van der Waals surface area contributed by atoms with Gasteiger partial charge in [0.15, 0.2) is 0 Å². The second-order valence-corrected chi connectivity index (χ2v) is 6.16. The van der Waals surface area contributed by atoms with E-state index >= 15 is 0 Å². The van der Waals surface area contributed by atoms with Crippen molar-refractivity contribution in [2.75, 3.05) is 0 Å². The van der Waals surface area contributed by atoms with E-state index in [1.54, 1.807) is 28.8 Å². The van der Waals surface area contributed by atoms with Gasteiger partial charge in [0.25, 0.3) is 0 Å². The summed E-state index contributed by atoms with van der Waals surface area (Å²) in [4.78, 5) is 0. The van der Waals surface area contributed by atoms with E-state index in [0.717, 1.165) is 11.8 Å². The average Bonchev–Trinajstić information content (AvgIpc) is 3.18. The average molecular weight is 384 g/mol. The van der Waals surface area contributed by atoms with Crippen LogP contribution in [-0.2, 0) is 12.1 Å². The molecule has 3 rings (SSSR count). The predicted octanol–water partition coefficient (Wildman–Crippen LogP) is 3.26. The van der Waals surface area contributed by atoms with E-state index in [2.05, 4.69) is 10.3 Å². The van der Waals surface area contributed by atoms with Crippen molar-refractivity contribution in [2.45, 2.75) is 31.7 Å². The molecule has 0 saturated heterocycles. The molecule has 3 aromatic rings. The van der Waals surface area contributed by atoms with Crippen LogP contribution < -0.4 is 0 Å². The maximum Gasteiger partial charge on any atom is 0.423 e. The van der Waals surface area contributed by atoms with Crippen molar-refractivity contribution in [3.63, 3.8) is 0 Å². The van der Waals surface area contributed by atoms with Gasteiger partial charge in [-0.05, 0) is 30.2 Å². The van der Waals surface area contributed by atoms with Crippen molar-refractivity contribution >= 4 is 17.1 Å². The Hall–Kier alpha value is -2.57. The predicted molar refractivity (Wildman–Crippen MR) is 86.5 cm³/mol. The van der Waals surface area contributed by atoms with E-state index in [0.29, 0.717) is 11.1 Å². The van der Waals surface area contributed by atoms with Gasteiger partial charge >= 0.3 is 6.18 Å². The van der Waals surface area contributed by atoms with Crippen molar-refractivity contribution in [1.29, 1.82) is 5.26 Å². The molecule has 0 amide bonds. The van der Waals surface area contributed by atoms with Crippen LogP contribution in [0.15, 0.2) is 30.6 Å². The number of aliphatic hydroxyl groups is 1.